The number of sulfone groups is 1. The summed E-state index contributed by atoms with van der Waals surface area (Å²) in [4.78, 5) is 6.33. The van der Waals surface area contributed by atoms with E-state index in [4.69, 9.17) is 9.15 Å². The minimum absolute atomic E-state index is 0.0252. The van der Waals surface area contributed by atoms with Crippen LogP contribution in [0, 0.1) is 17.7 Å². The standard InChI is InChI=1S/C23H25FN2O4S/c1-15-12-16(2)14-26(13-15)23-22(31(27,28)20-10-6-18(24)7-11-20)25-21(30-23)17-4-8-19(29-3)9-5-17/h4-11,15-16H,12-14H2,1-3H3. The quantitative estimate of drug-likeness (QED) is 0.526. The highest BCUT2D eigenvalue weighted by atomic mass is 32.2. The molecule has 0 N–H and O–H groups in total. The van der Waals surface area contributed by atoms with Crippen molar-refractivity contribution in [2.45, 2.75) is 30.2 Å². The zero-order chi connectivity index (χ0) is 22.2. The number of anilines is 1. The highest BCUT2D eigenvalue weighted by molar-refractivity contribution is 7.91. The number of hydrogen-bond donors (Lipinski definition) is 0. The van der Waals surface area contributed by atoms with Crippen LogP contribution < -0.4 is 9.64 Å². The van der Waals surface area contributed by atoms with Gasteiger partial charge in [-0.1, -0.05) is 13.8 Å². The van der Waals surface area contributed by atoms with E-state index in [0.29, 0.717) is 36.2 Å². The average molecular weight is 445 g/mol. The average Bonchev–Trinajstić information content (AvgIpc) is 3.20. The molecule has 2 unspecified atom stereocenters. The van der Waals surface area contributed by atoms with Crippen molar-refractivity contribution in [2.75, 3.05) is 25.1 Å². The summed E-state index contributed by atoms with van der Waals surface area (Å²) in [5, 5.41) is -0.147. The van der Waals surface area contributed by atoms with E-state index >= 15 is 0 Å². The van der Waals surface area contributed by atoms with Crippen LogP contribution in [-0.2, 0) is 9.84 Å². The summed E-state index contributed by atoms with van der Waals surface area (Å²) in [7, 11) is -2.43. The van der Waals surface area contributed by atoms with Crippen LogP contribution in [0.1, 0.15) is 20.3 Å². The number of rotatable bonds is 5. The Kier molecular flexibility index (Phi) is 5.75. The Morgan fingerprint density at radius 3 is 2.23 bits per heavy atom. The van der Waals surface area contributed by atoms with Gasteiger partial charge in [-0.25, -0.2) is 12.8 Å². The van der Waals surface area contributed by atoms with Gasteiger partial charge < -0.3 is 14.1 Å². The highest BCUT2D eigenvalue weighted by Crippen LogP contribution is 2.37. The summed E-state index contributed by atoms with van der Waals surface area (Å²) in [5.74, 6) is 1.39. The second kappa shape index (κ2) is 8.34. The fourth-order valence-corrected chi connectivity index (χ4v) is 5.41. The van der Waals surface area contributed by atoms with Gasteiger partial charge in [0.05, 0.1) is 12.0 Å². The van der Waals surface area contributed by atoms with Gasteiger partial charge in [0, 0.05) is 18.7 Å². The third-order valence-corrected chi connectivity index (χ3v) is 7.12. The molecule has 8 heteroatoms. The van der Waals surface area contributed by atoms with Gasteiger partial charge in [-0.05, 0) is 66.8 Å². The fourth-order valence-electron chi connectivity index (χ4n) is 4.08. The van der Waals surface area contributed by atoms with E-state index in [1.807, 2.05) is 4.90 Å². The Balaban J connectivity index is 1.83. The van der Waals surface area contributed by atoms with Crippen LogP contribution in [0.15, 0.2) is 62.9 Å². The van der Waals surface area contributed by atoms with E-state index in [2.05, 4.69) is 18.8 Å². The van der Waals surface area contributed by atoms with Crippen molar-refractivity contribution in [3.63, 3.8) is 0 Å². The van der Waals surface area contributed by atoms with Gasteiger partial charge >= 0.3 is 0 Å². The maximum absolute atomic E-state index is 13.4. The van der Waals surface area contributed by atoms with Gasteiger partial charge in [-0.3, -0.25) is 0 Å². The molecule has 6 nitrogen and oxygen atoms in total. The topological polar surface area (TPSA) is 72.6 Å². The summed E-state index contributed by atoms with van der Waals surface area (Å²) < 4.78 is 51.5. The summed E-state index contributed by atoms with van der Waals surface area (Å²) in [5.41, 5.74) is 0.640. The second-order valence-electron chi connectivity index (χ2n) is 8.17. The van der Waals surface area contributed by atoms with E-state index in [0.717, 1.165) is 18.6 Å². The Morgan fingerprint density at radius 1 is 1.03 bits per heavy atom. The van der Waals surface area contributed by atoms with Gasteiger partial charge in [-0.2, -0.15) is 4.98 Å². The molecule has 1 aliphatic rings. The molecule has 1 fully saturated rings. The van der Waals surface area contributed by atoms with Gasteiger partial charge in [-0.15, -0.1) is 0 Å². The first-order valence-corrected chi connectivity index (χ1v) is 11.7. The van der Waals surface area contributed by atoms with Crippen molar-refractivity contribution in [3.8, 4) is 17.2 Å². The molecule has 1 aliphatic heterocycles. The molecule has 2 atom stereocenters. The Bertz CT molecular complexity index is 1150. The van der Waals surface area contributed by atoms with Crippen molar-refractivity contribution < 1.29 is 22.0 Å². The predicted octanol–water partition coefficient (Wildman–Crippen LogP) is 4.80. The zero-order valence-corrected chi connectivity index (χ0v) is 18.5. The highest BCUT2D eigenvalue weighted by Gasteiger charge is 2.34. The molecule has 1 saturated heterocycles. The number of halogens is 1. The lowest BCUT2D eigenvalue weighted by Crippen LogP contribution is -2.39. The van der Waals surface area contributed by atoms with Crippen molar-refractivity contribution >= 4 is 15.7 Å². The molecule has 0 amide bonds. The van der Waals surface area contributed by atoms with Crippen molar-refractivity contribution in [2.24, 2.45) is 11.8 Å². The largest absolute Gasteiger partial charge is 0.497 e. The van der Waals surface area contributed by atoms with Crippen molar-refractivity contribution in [1.82, 2.24) is 4.98 Å². The summed E-state index contributed by atoms with van der Waals surface area (Å²) >= 11 is 0. The first-order valence-electron chi connectivity index (χ1n) is 10.2. The van der Waals surface area contributed by atoms with Crippen molar-refractivity contribution in [3.05, 3.63) is 54.3 Å². The molecule has 0 bridgehead atoms. The number of piperidine rings is 1. The maximum atomic E-state index is 13.4. The van der Waals surface area contributed by atoms with Crippen LogP contribution >= 0.6 is 0 Å². The van der Waals surface area contributed by atoms with Crippen LogP contribution in [0.5, 0.6) is 5.75 Å². The normalized spacial score (nSPS) is 19.4. The predicted molar refractivity (Wildman–Crippen MR) is 116 cm³/mol. The lowest BCUT2D eigenvalue weighted by atomic mass is 9.92. The first-order chi connectivity index (χ1) is 14.8. The van der Waals surface area contributed by atoms with E-state index in [9.17, 15) is 12.8 Å². The SMILES string of the molecule is COc1ccc(-c2nc(S(=O)(=O)c3ccc(F)cc3)c(N3CC(C)CC(C)C3)o2)cc1. The number of benzene rings is 2. The van der Waals surface area contributed by atoms with E-state index in [-0.39, 0.29) is 21.7 Å². The van der Waals surface area contributed by atoms with E-state index in [1.165, 1.54) is 12.1 Å². The third kappa shape index (κ3) is 4.30. The molecule has 0 spiro atoms. The van der Waals surface area contributed by atoms with Crippen LogP contribution in [-0.4, -0.2) is 33.6 Å². The molecule has 4 rings (SSSR count). The number of hydrogen-bond acceptors (Lipinski definition) is 6. The number of ether oxygens (including phenoxy) is 1. The number of aromatic nitrogens is 1. The molecule has 0 saturated carbocycles. The van der Waals surface area contributed by atoms with Gasteiger partial charge in [0.1, 0.15) is 11.6 Å². The smallest absolute Gasteiger partial charge is 0.236 e. The van der Waals surface area contributed by atoms with Crippen LogP contribution in [0.2, 0.25) is 0 Å². The van der Waals surface area contributed by atoms with Gasteiger partial charge in [0.2, 0.25) is 26.6 Å². The van der Waals surface area contributed by atoms with Gasteiger partial charge in [0.25, 0.3) is 0 Å². The molecular formula is C23H25FN2O4S. The maximum Gasteiger partial charge on any atom is 0.236 e. The Labute approximate surface area is 181 Å². The summed E-state index contributed by atoms with van der Waals surface area (Å²) in [6, 6.07) is 11.8. The first kappa shape index (κ1) is 21.4. The number of nitrogens with zero attached hydrogens (tertiary/aromatic N) is 2. The Hall–Kier alpha value is -2.87. The fraction of sp³-hybridized carbons (Fsp3) is 0.348. The third-order valence-electron chi connectivity index (χ3n) is 5.45. The summed E-state index contributed by atoms with van der Waals surface area (Å²) in [6.45, 7) is 5.62. The molecule has 3 aromatic rings. The lowest BCUT2D eigenvalue weighted by Gasteiger charge is -2.34. The van der Waals surface area contributed by atoms with Crippen molar-refractivity contribution in [1.29, 1.82) is 0 Å². The zero-order valence-electron chi connectivity index (χ0n) is 17.7. The molecule has 0 radical (unpaired) electrons. The van der Waals surface area contributed by atoms with E-state index in [1.54, 1.807) is 31.4 Å². The molecular weight excluding hydrogens is 419 g/mol. The Morgan fingerprint density at radius 2 is 1.65 bits per heavy atom. The molecule has 164 valence electrons. The van der Waals surface area contributed by atoms with Crippen LogP contribution in [0.25, 0.3) is 11.5 Å². The van der Waals surface area contributed by atoms with Crippen LogP contribution in [0.3, 0.4) is 0 Å². The molecule has 0 aliphatic carbocycles. The molecule has 2 heterocycles. The molecule has 2 aromatic carbocycles. The number of oxazole rings is 1. The van der Waals surface area contributed by atoms with E-state index < -0.39 is 15.7 Å². The van der Waals surface area contributed by atoms with Gasteiger partial charge in [0.15, 0.2) is 0 Å². The monoisotopic (exact) mass is 444 g/mol. The van der Waals surface area contributed by atoms with Crippen LogP contribution in [0.4, 0.5) is 10.3 Å². The number of methoxy groups -OCH3 is 1. The molecule has 31 heavy (non-hydrogen) atoms. The summed E-state index contributed by atoms with van der Waals surface area (Å²) in [6.07, 6.45) is 1.07. The minimum Gasteiger partial charge on any atom is -0.497 e. The second-order valence-corrected chi connectivity index (χ2v) is 10.0. The minimum atomic E-state index is -4.01. The lowest BCUT2D eigenvalue weighted by molar-refractivity contribution is 0.342. The molecule has 1 aromatic heterocycles.